The van der Waals surface area contributed by atoms with Gasteiger partial charge in [-0.2, -0.15) is 0 Å². The summed E-state index contributed by atoms with van der Waals surface area (Å²) in [7, 11) is 0. The molecule has 2 amide bonds. The number of aromatic amines is 1. The lowest BCUT2D eigenvalue weighted by atomic mass is 9.96. The predicted molar refractivity (Wildman–Crippen MR) is 156 cm³/mol. The van der Waals surface area contributed by atoms with E-state index in [-0.39, 0.29) is 37.8 Å². The van der Waals surface area contributed by atoms with Crippen molar-refractivity contribution in [2.75, 3.05) is 33.1 Å². The first-order valence-electron chi connectivity index (χ1n) is 14.1. The highest BCUT2D eigenvalue weighted by Crippen LogP contribution is 2.37. The van der Waals surface area contributed by atoms with Crippen LogP contribution < -0.4 is 25.1 Å². The van der Waals surface area contributed by atoms with Gasteiger partial charge in [0.25, 0.3) is 5.56 Å². The van der Waals surface area contributed by atoms with Gasteiger partial charge in [0, 0.05) is 17.5 Å². The van der Waals surface area contributed by atoms with Crippen molar-refractivity contribution < 1.29 is 38.4 Å². The van der Waals surface area contributed by atoms with Crippen molar-refractivity contribution in [2.24, 2.45) is 5.41 Å². The first-order chi connectivity index (χ1) is 20.6. The van der Waals surface area contributed by atoms with Gasteiger partial charge in [0.1, 0.15) is 36.2 Å². The SMILES string of the molecule is CC.CC(C)(COC(=O)NCC(=O)N1CCCC1C(=O)O)COc1cccc(-c2nc3c4c(ccc3[nH]c2=O)OCO4)c1. The number of carboxylic acid groups (broad SMARTS) is 1. The van der Waals surface area contributed by atoms with Crippen LogP contribution in [0.15, 0.2) is 41.2 Å². The first-order valence-corrected chi connectivity index (χ1v) is 14.1. The molecule has 230 valence electrons. The third-order valence-corrected chi connectivity index (χ3v) is 6.77. The van der Waals surface area contributed by atoms with Crippen LogP contribution in [0, 0.1) is 5.41 Å². The quantitative estimate of drug-likeness (QED) is 0.332. The van der Waals surface area contributed by atoms with Crippen LogP contribution in [0.4, 0.5) is 4.79 Å². The Kier molecular flexibility index (Phi) is 9.73. The molecule has 1 aromatic heterocycles. The van der Waals surface area contributed by atoms with E-state index in [1.165, 1.54) is 4.90 Å². The molecule has 3 aromatic rings. The molecule has 3 heterocycles. The van der Waals surface area contributed by atoms with E-state index in [4.69, 9.17) is 18.9 Å². The molecule has 1 atom stereocenters. The molecule has 3 N–H and O–H groups in total. The Balaban J connectivity index is 0.00000207. The monoisotopic (exact) mass is 596 g/mol. The highest BCUT2D eigenvalue weighted by Gasteiger charge is 2.34. The number of carbonyl (C=O) groups is 3. The van der Waals surface area contributed by atoms with Crippen LogP contribution in [0.3, 0.4) is 0 Å². The van der Waals surface area contributed by atoms with E-state index >= 15 is 0 Å². The number of rotatable bonds is 9. The number of carbonyl (C=O) groups excluding carboxylic acids is 2. The lowest BCUT2D eigenvalue weighted by Crippen LogP contribution is -2.45. The third-order valence-electron chi connectivity index (χ3n) is 6.77. The number of alkyl carbamates (subject to hydrolysis) is 1. The smallest absolute Gasteiger partial charge is 0.407 e. The summed E-state index contributed by atoms with van der Waals surface area (Å²) < 4.78 is 22.2. The van der Waals surface area contributed by atoms with E-state index < -0.39 is 29.4 Å². The summed E-state index contributed by atoms with van der Waals surface area (Å²) in [5.41, 5.74) is 0.798. The van der Waals surface area contributed by atoms with Crippen molar-refractivity contribution in [3.05, 3.63) is 46.8 Å². The van der Waals surface area contributed by atoms with Gasteiger partial charge in [0.05, 0.1) is 12.1 Å². The van der Waals surface area contributed by atoms with Gasteiger partial charge in [-0.1, -0.05) is 39.8 Å². The Labute approximate surface area is 248 Å². The molecule has 0 radical (unpaired) electrons. The number of H-pyrrole nitrogens is 1. The van der Waals surface area contributed by atoms with Crippen LogP contribution in [0.2, 0.25) is 0 Å². The molecule has 1 unspecified atom stereocenters. The number of benzene rings is 2. The van der Waals surface area contributed by atoms with E-state index in [2.05, 4.69) is 15.3 Å². The molecule has 13 nitrogen and oxygen atoms in total. The zero-order chi connectivity index (χ0) is 31.1. The number of aromatic nitrogens is 2. The fraction of sp³-hybridized carbons (Fsp3) is 0.433. The third kappa shape index (κ3) is 7.34. The van der Waals surface area contributed by atoms with Crippen molar-refractivity contribution in [1.29, 1.82) is 0 Å². The van der Waals surface area contributed by atoms with E-state index in [0.29, 0.717) is 53.2 Å². The van der Waals surface area contributed by atoms with Crippen molar-refractivity contribution in [1.82, 2.24) is 20.2 Å². The fourth-order valence-electron chi connectivity index (χ4n) is 4.65. The van der Waals surface area contributed by atoms with Crippen LogP contribution in [-0.4, -0.2) is 77.1 Å². The van der Waals surface area contributed by atoms with Gasteiger partial charge >= 0.3 is 12.1 Å². The minimum Gasteiger partial charge on any atom is -0.493 e. The summed E-state index contributed by atoms with van der Waals surface area (Å²) in [5, 5.41) is 11.6. The zero-order valence-electron chi connectivity index (χ0n) is 24.6. The average Bonchev–Trinajstić information content (AvgIpc) is 3.69. The highest BCUT2D eigenvalue weighted by atomic mass is 16.7. The molecule has 0 bridgehead atoms. The van der Waals surface area contributed by atoms with Crippen molar-refractivity contribution in [3.8, 4) is 28.5 Å². The van der Waals surface area contributed by atoms with Crippen molar-refractivity contribution in [2.45, 2.75) is 46.6 Å². The van der Waals surface area contributed by atoms with Crippen LogP contribution in [0.25, 0.3) is 22.3 Å². The molecule has 2 aliphatic rings. The number of nitrogens with zero attached hydrogens (tertiary/aromatic N) is 2. The molecule has 43 heavy (non-hydrogen) atoms. The summed E-state index contributed by atoms with van der Waals surface area (Å²) in [5.74, 6) is -0.00658. The second kappa shape index (κ2) is 13.4. The van der Waals surface area contributed by atoms with Crippen molar-refractivity contribution in [3.63, 3.8) is 0 Å². The Bertz CT molecular complexity index is 1550. The normalized spacial score (nSPS) is 15.4. The number of nitrogens with one attached hydrogen (secondary N) is 2. The van der Waals surface area contributed by atoms with Crippen molar-refractivity contribution >= 4 is 29.0 Å². The maximum Gasteiger partial charge on any atom is 0.407 e. The van der Waals surface area contributed by atoms with Gasteiger partial charge in [0.2, 0.25) is 12.7 Å². The fourth-order valence-corrected chi connectivity index (χ4v) is 4.65. The van der Waals surface area contributed by atoms with E-state index in [9.17, 15) is 24.3 Å². The minimum atomic E-state index is -1.06. The summed E-state index contributed by atoms with van der Waals surface area (Å²) in [6.45, 7) is 7.93. The lowest BCUT2D eigenvalue weighted by Gasteiger charge is -2.25. The summed E-state index contributed by atoms with van der Waals surface area (Å²) in [4.78, 5) is 57.2. The second-order valence-corrected chi connectivity index (χ2v) is 10.6. The average molecular weight is 597 g/mol. The molecule has 0 spiro atoms. The van der Waals surface area contributed by atoms with Crippen LogP contribution in [0.5, 0.6) is 17.2 Å². The number of amides is 2. The van der Waals surface area contributed by atoms with Crippen LogP contribution in [-0.2, 0) is 14.3 Å². The maximum atomic E-state index is 12.8. The molecular formula is C30H36N4O9. The molecule has 5 rings (SSSR count). The maximum absolute atomic E-state index is 12.8. The Morgan fingerprint density at radius 2 is 1.95 bits per heavy atom. The minimum absolute atomic E-state index is 0.00669. The van der Waals surface area contributed by atoms with E-state index in [1.807, 2.05) is 27.7 Å². The topological polar surface area (TPSA) is 169 Å². The van der Waals surface area contributed by atoms with Gasteiger partial charge < -0.3 is 39.3 Å². The highest BCUT2D eigenvalue weighted by molar-refractivity contribution is 5.87. The number of hydrogen-bond acceptors (Lipinski definition) is 9. The van der Waals surface area contributed by atoms with Crippen LogP contribution >= 0.6 is 0 Å². The van der Waals surface area contributed by atoms with Gasteiger partial charge in [-0.25, -0.2) is 14.6 Å². The molecule has 13 heteroatoms. The molecule has 1 fully saturated rings. The largest absolute Gasteiger partial charge is 0.493 e. The van der Waals surface area contributed by atoms with Gasteiger partial charge in [-0.3, -0.25) is 9.59 Å². The number of carboxylic acids is 1. The van der Waals surface area contributed by atoms with Gasteiger partial charge in [-0.05, 0) is 37.1 Å². The molecule has 0 aliphatic carbocycles. The van der Waals surface area contributed by atoms with Crippen LogP contribution in [0.1, 0.15) is 40.5 Å². The number of aliphatic carboxylic acids is 1. The summed E-state index contributed by atoms with van der Waals surface area (Å²) >= 11 is 0. The molecule has 1 saturated heterocycles. The number of ether oxygens (including phenoxy) is 4. The predicted octanol–water partition coefficient (Wildman–Crippen LogP) is 3.55. The number of likely N-dealkylation sites (tertiary alicyclic amines) is 1. The molecule has 0 saturated carbocycles. The van der Waals surface area contributed by atoms with Gasteiger partial charge in [-0.15, -0.1) is 0 Å². The summed E-state index contributed by atoms with van der Waals surface area (Å²) in [6.07, 6.45) is 0.206. The second-order valence-electron chi connectivity index (χ2n) is 10.6. The number of hydrogen-bond donors (Lipinski definition) is 3. The van der Waals surface area contributed by atoms with E-state index in [1.54, 1.807) is 36.4 Å². The summed E-state index contributed by atoms with van der Waals surface area (Å²) in [6, 6.07) is 9.50. The Hall–Kier alpha value is -4.81. The standard InChI is InChI=1S/C28H30N4O9.C2H6/c1-28(2,14-39-27(37)29-12-21(33)32-10-4-7-19(32)26(35)36)13-38-17-6-3-5-16(11-17)22-25(34)30-18-8-9-20-24(23(18)31-22)41-15-40-20;1-2/h3,5-6,8-9,11,19H,4,7,10,12-15H2,1-2H3,(H,29,37)(H,30,34)(H,35,36);1-2H3. The first kappa shape index (κ1) is 31.1. The zero-order valence-corrected chi connectivity index (χ0v) is 24.6. The number of fused-ring (bicyclic) bond motifs is 3. The molecular weight excluding hydrogens is 560 g/mol. The lowest BCUT2D eigenvalue weighted by molar-refractivity contribution is -0.147. The van der Waals surface area contributed by atoms with Gasteiger partial charge in [0.15, 0.2) is 11.5 Å². The molecule has 2 aromatic carbocycles. The molecule has 2 aliphatic heterocycles. The Morgan fingerprint density at radius 1 is 1.16 bits per heavy atom. The Morgan fingerprint density at radius 3 is 2.72 bits per heavy atom. The van der Waals surface area contributed by atoms with E-state index in [0.717, 1.165) is 0 Å².